The number of aryl methyl sites for hydroxylation is 1. The topological polar surface area (TPSA) is 53.6 Å². The lowest BCUT2D eigenvalue weighted by atomic mass is 10.2. The van der Waals surface area contributed by atoms with E-state index in [2.05, 4.69) is 55.7 Å². The van der Waals surface area contributed by atoms with Gasteiger partial charge in [0.15, 0.2) is 0 Å². The highest BCUT2D eigenvalue weighted by Gasteiger charge is 2.21. The first-order valence-electron chi connectivity index (χ1n) is 8.79. The van der Waals surface area contributed by atoms with Crippen LogP contribution in [-0.4, -0.2) is 43.3 Å². The van der Waals surface area contributed by atoms with Gasteiger partial charge in [-0.25, -0.2) is 4.79 Å². The zero-order valence-corrected chi connectivity index (χ0v) is 16.5. The molecule has 1 aliphatic heterocycles. The molecule has 0 bridgehead atoms. The summed E-state index contributed by atoms with van der Waals surface area (Å²) in [5.41, 5.74) is 3.11. The zero-order valence-electron chi connectivity index (χ0n) is 14.9. The summed E-state index contributed by atoms with van der Waals surface area (Å²) in [4.78, 5) is 14.5. The van der Waals surface area contributed by atoms with Gasteiger partial charge in [0.25, 0.3) is 0 Å². The highest BCUT2D eigenvalue weighted by Crippen LogP contribution is 2.20. The van der Waals surface area contributed by atoms with Gasteiger partial charge >= 0.3 is 6.03 Å². The molecule has 2 amide bonds. The molecule has 2 aromatic rings. The van der Waals surface area contributed by atoms with E-state index >= 15 is 0 Å². The predicted octanol–water partition coefficient (Wildman–Crippen LogP) is 3.78. The summed E-state index contributed by atoms with van der Waals surface area (Å²) >= 11 is 3.42. The molecule has 2 N–H and O–H groups in total. The maximum atomic E-state index is 12.2. The van der Waals surface area contributed by atoms with Gasteiger partial charge in [-0.05, 0) is 30.2 Å². The van der Waals surface area contributed by atoms with E-state index in [9.17, 15) is 4.79 Å². The van der Waals surface area contributed by atoms with Crippen molar-refractivity contribution in [3.63, 3.8) is 0 Å². The predicted molar refractivity (Wildman–Crippen MR) is 107 cm³/mol. The summed E-state index contributed by atoms with van der Waals surface area (Å²) in [6.45, 7) is 5.77. The molecule has 0 aromatic heterocycles. The molecule has 1 aliphatic rings. The first-order chi connectivity index (χ1) is 12.6. The van der Waals surface area contributed by atoms with Crippen molar-refractivity contribution in [3.8, 4) is 0 Å². The van der Waals surface area contributed by atoms with Gasteiger partial charge in [0, 0.05) is 36.3 Å². The SMILES string of the molecule is Cc1ccc(Br)cc1NC(=O)NCC1CN(Cc2ccccc2)CCO1. The molecular weight excluding hydrogens is 394 g/mol. The molecule has 5 nitrogen and oxygen atoms in total. The minimum atomic E-state index is -0.213. The molecule has 1 atom stereocenters. The average Bonchev–Trinajstić information content (AvgIpc) is 2.64. The number of urea groups is 1. The Kier molecular flexibility index (Phi) is 6.66. The second-order valence-electron chi connectivity index (χ2n) is 6.51. The summed E-state index contributed by atoms with van der Waals surface area (Å²) in [6, 6.07) is 16.0. The number of amides is 2. The number of anilines is 1. The lowest BCUT2D eigenvalue weighted by Gasteiger charge is -2.33. The summed E-state index contributed by atoms with van der Waals surface area (Å²) < 4.78 is 6.73. The minimum Gasteiger partial charge on any atom is -0.374 e. The highest BCUT2D eigenvalue weighted by molar-refractivity contribution is 9.10. The van der Waals surface area contributed by atoms with Crippen LogP contribution in [0.4, 0.5) is 10.5 Å². The fraction of sp³-hybridized carbons (Fsp3) is 0.350. The number of carbonyl (C=O) groups excluding carboxylic acids is 1. The van der Waals surface area contributed by atoms with E-state index < -0.39 is 0 Å². The Hall–Kier alpha value is -1.89. The molecule has 0 radical (unpaired) electrons. The van der Waals surface area contributed by atoms with Crippen molar-refractivity contribution in [3.05, 3.63) is 64.1 Å². The van der Waals surface area contributed by atoms with Crippen molar-refractivity contribution in [1.29, 1.82) is 0 Å². The summed E-state index contributed by atoms with van der Waals surface area (Å²) in [7, 11) is 0. The molecule has 1 unspecified atom stereocenters. The smallest absolute Gasteiger partial charge is 0.319 e. The molecule has 0 spiro atoms. The van der Waals surface area contributed by atoms with E-state index in [0.717, 1.165) is 35.4 Å². The van der Waals surface area contributed by atoms with E-state index in [4.69, 9.17) is 4.74 Å². The van der Waals surface area contributed by atoms with Crippen molar-refractivity contribution in [2.45, 2.75) is 19.6 Å². The number of nitrogens with zero attached hydrogens (tertiary/aromatic N) is 1. The van der Waals surface area contributed by atoms with Crippen LogP contribution < -0.4 is 10.6 Å². The number of halogens is 1. The largest absolute Gasteiger partial charge is 0.374 e. The lowest BCUT2D eigenvalue weighted by Crippen LogP contribution is -2.47. The van der Waals surface area contributed by atoms with Crippen LogP contribution in [0.3, 0.4) is 0 Å². The number of rotatable bonds is 5. The van der Waals surface area contributed by atoms with Crippen LogP contribution in [0.25, 0.3) is 0 Å². The van der Waals surface area contributed by atoms with E-state index in [-0.39, 0.29) is 12.1 Å². The summed E-state index contributed by atoms with van der Waals surface area (Å²) in [6.07, 6.45) is 0.00168. The fourth-order valence-corrected chi connectivity index (χ4v) is 3.35. The Labute approximate surface area is 162 Å². The van der Waals surface area contributed by atoms with E-state index in [1.54, 1.807) is 0 Å². The number of carbonyl (C=O) groups is 1. The van der Waals surface area contributed by atoms with E-state index in [1.807, 2.05) is 31.2 Å². The quantitative estimate of drug-likeness (QED) is 0.777. The van der Waals surface area contributed by atoms with Crippen molar-refractivity contribution in [1.82, 2.24) is 10.2 Å². The Morgan fingerprint density at radius 2 is 2.08 bits per heavy atom. The third kappa shape index (κ3) is 5.56. The molecule has 0 aliphatic carbocycles. The Morgan fingerprint density at radius 1 is 1.27 bits per heavy atom. The Bertz CT molecular complexity index is 739. The number of hydrogen-bond donors (Lipinski definition) is 2. The third-order valence-electron chi connectivity index (χ3n) is 4.41. The Balaban J connectivity index is 1.46. The van der Waals surface area contributed by atoms with Crippen LogP contribution in [0.15, 0.2) is 53.0 Å². The molecule has 0 saturated carbocycles. The minimum absolute atomic E-state index is 0.00168. The molecule has 1 heterocycles. The normalized spacial score (nSPS) is 17.7. The van der Waals surface area contributed by atoms with Gasteiger partial charge in [0.2, 0.25) is 0 Å². The molecule has 26 heavy (non-hydrogen) atoms. The summed E-state index contributed by atoms with van der Waals surface area (Å²) in [5.74, 6) is 0. The maximum absolute atomic E-state index is 12.2. The van der Waals surface area contributed by atoms with Gasteiger partial charge in [-0.1, -0.05) is 52.3 Å². The number of benzene rings is 2. The fourth-order valence-electron chi connectivity index (χ4n) is 2.99. The Morgan fingerprint density at radius 3 is 2.88 bits per heavy atom. The summed E-state index contributed by atoms with van der Waals surface area (Å²) in [5, 5.41) is 5.81. The van der Waals surface area contributed by atoms with Crippen LogP contribution in [0, 0.1) is 6.92 Å². The first kappa shape index (κ1) is 18.9. The van der Waals surface area contributed by atoms with Gasteiger partial charge < -0.3 is 15.4 Å². The number of hydrogen-bond acceptors (Lipinski definition) is 3. The van der Waals surface area contributed by atoms with Gasteiger partial charge in [-0.2, -0.15) is 0 Å². The maximum Gasteiger partial charge on any atom is 0.319 e. The van der Waals surface area contributed by atoms with Gasteiger partial charge in [-0.15, -0.1) is 0 Å². The third-order valence-corrected chi connectivity index (χ3v) is 4.90. The van der Waals surface area contributed by atoms with Gasteiger partial charge in [0.05, 0.1) is 12.7 Å². The van der Waals surface area contributed by atoms with E-state index in [1.165, 1.54) is 5.56 Å². The monoisotopic (exact) mass is 417 g/mol. The molecule has 3 rings (SSSR count). The van der Waals surface area contributed by atoms with Crippen molar-refractivity contribution in [2.24, 2.45) is 0 Å². The lowest BCUT2D eigenvalue weighted by molar-refractivity contribution is -0.0285. The van der Waals surface area contributed by atoms with Crippen molar-refractivity contribution < 1.29 is 9.53 Å². The highest BCUT2D eigenvalue weighted by atomic mass is 79.9. The van der Waals surface area contributed by atoms with Crippen LogP contribution in [0.5, 0.6) is 0 Å². The molecule has 138 valence electrons. The molecule has 1 fully saturated rings. The zero-order chi connectivity index (χ0) is 18.4. The molecule has 2 aromatic carbocycles. The average molecular weight is 418 g/mol. The molecule has 1 saturated heterocycles. The van der Waals surface area contributed by atoms with Crippen LogP contribution in [0.1, 0.15) is 11.1 Å². The number of morpholine rings is 1. The second-order valence-corrected chi connectivity index (χ2v) is 7.42. The first-order valence-corrected chi connectivity index (χ1v) is 9.58. The van der Waals surface area contributed by atoms with Crippen molar-refractivity contribution >= 4 is 27.6 Å². The van der Waals surface area contributed by atoms with Crippen LogP contribution in [0.2, 0.25) is 0 Å². The van der Waals surface area contributed by atoms with E-state index in [0.29, 0.717) is 13.2 Å². The van der Waals surface area contributed by atoms with Crippen molar-refractivity contribution in [2.75, 3.05) is 31.6 Å². The number of nitrogens with one attached hydrogen (secondary N) is 2. The van der Waals surface area contributed by atoms with Crippen LogP contribution in [-0.2, 0) is 11.3 Å². The molecule has 6 heteroatoms. The standard InChI is InChI=1S/C20H24BrN3O2/c1-15-7-8-17(21)11-19(15)23-20(25)22-12-18-14-24(9-10-26-18)13-16-5-3-2-4-6-16/h2-8,11,18H,9-10,12-14H2,1H3,(H2,22,23,25). The number of ether oxygens (including phenoxy) is 1. The van der Waals surface area contributed by atoms with Gasteiger partial charge in [-0.3, -0.25) is 4.90 Å². The van der Waals surface area contributed by atoms with Crippen LogP contribution >= 0.6 is 15.9 Å². The second kappa shape index (κ2) is 9.16. The molecular formula is C20H24BrN3O2. The van der Waals surface area contributed by atoms with Gasteiger partial charge in [0.1, 0.15) is 0 Å².